The molecule has 1 aliphatic rings. The molecule has 0 aromatic carbocycles. The molecule has 0 unspecified atom stereocenters. The van der Waals surface area contributed by atoms with E-state index in [2.05, 4.69) is 0 Å². The highest BCUT2D eigenvalue weighted by atomic mass is 35.5. The predicted octanol–water partition coefficient (Wildman–Crippen LogP) is 1.35. The van der Waals surface area contributed by atoms with Gasteiger partial charge in [0.25, 0.3) is 0 Å². The molecule has 0 heterocycles. The van der Waals surface area contributed by atoms with Crippen molar-refractivity contribution < 1.29 is 9.90 Å². The van der Waals surface area contributed by atoms with E-state index >= 15 is 0 Å². The third-order valence-electron chi connectivity index (χ3n) is 2.28. The molecule has 64 valence electrons. The Morgan fingerprint density at radius 2 is 1.91 bits per heavy atom. The van der Waals surface area contributed by atoms with E-state index in [9.17, 15) is 4.79 Å². The first-order valence-electron chi connectivity index (χ1n) is 4.00. The van der Waals surface area contributed by atoms with Gasteiger partial charge >= 0.3 is 0 Å². The van der Waals surface area contributed by atoms with Crippen LogP contribution in [-0.4, -0.2) is 22.9 Å². The molecule has 0 atom stereocenters. The quantitative estimate of drug-likeness (QED) is 0.645. The Morgan fingerprint density at radius 1 is 1.36 bits per heavy atom. The Morgan fingerprint density at radius 3 is 2.36 bits per heavy atom. The zero-order valence-corrected chi connectivity index (χ0v) is 7.18. The Balaban J connectivity index is 2.33. The van der Waals surface area contributed by atoms with Gasteiger partial charge in [0.2, 0.25) is 0 Å². The lowest BCUT2D eigenvalue weighted by Crippen LogP contribution is -2.24. The zero-order chi connectivity index (χ0) is 8.27. The Hall–Kier alpha value is -0.0800. The highest BCUT2D eigenvalue weighted by Gasteiger charge is 2.23. The largest absolute Gasteiger partial charge is 0.393 e. The van der Waals surface area contributed by atoms with Crippen LogP contribution >= 0.6 is 11.6 Å². The maximum atomic E-state index is 11.1. The first-order chi connectivity index (χ1) is 5.24. The lowest BCUT2D eigenvalue weighted by Gasteiger charge is -2.23. The fourth-order valence-corrected chi connectivity index (χ4v) is 1.73. The molecule has 1 saturated carbocycles. The van der Waals surface area contributed by atoms with Crippen LogP contribution in [0, 0.1) is 5.92 Å². The second-order valence-corrected chi connectivity index (χ2v) is 3.37. The average Bonchev–Trinajstić information content (AvgIpc) is 2.05. The van der Waals surface area contributed by atoms with Gasteiger partial charge < -0.3 is 5.11 Å². The zero-order valence-electron chi connectivity index (χ0n) is 6.42. The van der Waals surface area contributed by atoms with Gasteiger partial charge in [-0.05, 0) is 25.7 Å². The number of aliphatic hydroxyl groups excluding tert-OH is 1. The maximum absolute atomic E-state index is 11.1. The molecule has 0 amide bonds. The molecule has 0 spiro atoms. The first kappa shape index (κ1) is 9.01. The Bertz CT molecular complexity index is 139. The van der Waals surface area contributed by atoms with Crippen molar-refractivity contribution in [2.24, 2.45) is 5.92 Å². The molecular formula is C8H13ClO2. The van der Waals surface area contributed by atoms with Gasteiger partial charge in [0.05, 0.1) is 12.0 Å². The highest BCUT2D eigenvalue weighted by Crippen LogP contribution is 2.24. The van der Waals surface area contributed by atoms with Gasteiger partial charge in [-0.25, -0.2) is 0 Å². The smallest absolute Gasteiger partial charge is 0.150 e. The summed E-state index contributed by atoms with van der Waals surface area (Å²) >= 11 is 5.41. The molecule has 2 nitrogen and oxygen atoms in total. The van der Waals surface area contributed by atoms with E-state index in [1.807, 2.05) is 0 Å². The second kappa shape index (κ2) is 4.07. The summed E-state index contributed by atoms with van der Waals surface area (Å²) < 4.78 is 0. The van der Waals surface area contributed by atoms with Crippen molar-refractivity contribution in [3.05, 3.63) is 0 Å². The summed E-state index contributed by atoms with van der Waals surface area (Å²) in [6.07, 6.45) is 2.95. The summed E-state index contributed by atoms with van der Waals surface area (Å²) in [6, 6.07) is 0. The highest BCUT2D eigenvalue weighted by molar-refractivity contribution is 6.27. The number of halogens is 1. The van der Waals surface area contributed by atoms with E-state index in [4.69, 9.17) is 16.7 Å². The van der Waals surface area contributed by atoms with Crippen LogP contribution < -0.4 is 0 Å². The molecule has 3 heteroatoms. The molecule has 0 bridgehead atoms. The van der Waals surface area contributed by atoms with Crippen LogP contribution in [0.3, 0.4) is 0 Å². The summed E-state index contributed by atoms with van der Waals surface area (Å²) in [4.78, 5) is 11.1. The van der Waals surface area contributed by atoms with Crippen LogP contribution in [0.4, 0.5) is 0 Å². The summed E-state index contributed by atoms with van der Waals surface area (Å²) in [5.41, 5.74) is 0. The average molecular weight is 177 g/mol. The molecule has 1 rings (SSSR count). The number of hydrogen-bond acceptors (Lipinski definition) is 2. The number of hydrogen-bond donors (Lipinski definition) is 1. The summed E-state index contributed by atoms with van der Waals surface area (Å²) in [6.45, 7) is 0. The number of carbonyl (C=O) groups excluding carboxylic acids is 1. The molecule has 11 heavy (non-hydrogen) atoms. The van der Waals surface area contributed by atoms with Gasteiger partial charge in [-0.15, -0.1) is 11.6 Å². The monoisotopic (exact) mass is 176 g/mol. The van der Waals surface area contributed by atoms with Gasteiger partial charge in [0.15, 0.2) is 5.78 Å². The van der Waals surface area contributed by atoms with E-state index in [-0.39, 0.29) is 23.7 Å². The van der Waals surface area contributed by atoms with E-state index in [1.54, 1.807) is 0 Å². The van der Waals surface area contributed by atoms with E-state index in [1.165, 1.54) is 0 Å². The third kappa shape index (κ3) is 2.46. The fraction of sp³-hybridized carbons (Fsp3) is 0.875. The van der Waals surface area contributed by atoms with Crippen molar-refractivity contribution in [1.29, 1.82) is 0 Å². The van der Waals surface area contributed by atoms with Gasteiger partial charge in [-0.3, -0.25) is 4.79 Å². The van der Waals surface area contributed by atoms with Crippen molar-refractivity contribution >= 4 is 17.4 Å². The van der Waals surface area contributed by atoms with Gasteiger partial charge in [0.1, 0.15) is 0 Å². The van der Waals surface area contributed by atoms with Crippen LogP contribution in [0.25, 0.3) is 0 Å². The summed E-state index contributed by atoms with van der Waals surface area (Å²) in [7, 11) is 0. The number of alkyl halides is 1. The van der Waals surface area contributed by atoms with E-state index < -0.39 is 0 Å². The van der Waals surface area contributed by atoms with E-state index in [0.717, 1.165) is 25.7 Å². The lowest BCUT2D eigenvalue weighted by atomic mass is 9.85. The van der Waals surface area contributed by atoms with Gasteiger partial charge in [0, 0.05) is 5.92 Å². The topological polar surface area (TPSA) is 37.3 Å². The van der Waals surface area contributed by atoms with Crippen LogP contribution in [0.2, 0.25) is 0 Å². The minimum atomic E-state index is -0.186. The number of carbonyl (C=O) groups is 1. The van der Waals surface area contributed by atoms with Crippen LogP contribution in [0.5, 0.6) is 0 Å². The summed E-state index contributed by atoms with van der Waals surface area (Å²) in [5, 5.41) is 9.14. The first-order valence-corrected chi connectivity index (χ1v) is 4.54. The Labute approximate surface area is 71.5 Å². The van der Waals surface area contributed by atoms with E-state index in [0.29, 0.717) is 0 Å². The number of ketones is 1. The second-order valence-electron chi connectivity index (χ2n) is 3.11. The number of rotatable bonds is 2. The molecule has 0 radical (unpaired) electrons. The SMILES string of the molecule is O=C(CCl)[C@H]1CC[C@H](O)CC1. The van der Waals surface area contributed by atoms with Crippen molar-refractivity contribution in [2.75, 3.05) is 5.88 Å². The third-order valence-corrected chi connectivity index (χ3v) is 2.55. The molecule has 1 fully saturated rings. The van der Waals surface area contributed by atoms with Crippen molar-refractivity contribution in [1.82, 2.24) is 0 Å². The van der Waals surface area contributed by atoms with Gasteiger partial charge in [-0.2, -0.15) is 0 Å². The van der Waals surface area contributed by atoms with Crippen LogP contribution in [-0.2, 0) is 4.79 Å². The van der Waals surface area contributed by atoms with Crippen molar-refractivity contribution in [3.63, 3.8) is 0 Å². The molecular weight excluding hydrogens is 164 g/mol. The predicted molar refractivity (Wildman–Crippen MR) is 43.7 cm³/mol. The van der Waals surface area contributed by atoms with Crippen LogP contribution in [0.15, 0.2) is 0 Å². The minimum Gasteiger partial charge on any atom is -0.393 e. The van der Waals surface area contributed by atoms with Crippen LogP contribution in [0.1, 0.15) is 25.7 Å². The molecule has 0 aromatic heterocycles. The fourth-order valence-electron chi connectivity index (χ4n) is 1.51. The minimum absolute atomic E-state index is 0.121. The molecule has 0 aliphatic heterocycles. The standard InChI is InChI=1S/C8H13ClO2/c9-5-8(11)6-1-3-7(10)4-2-6/h6-7,10H,1-5H2/t6-,7-. The molecule has 1 aliphatic carbocycles. The maximum Gasteiger partial charge on any atom is 0.150 e. The van der Waals surface area contributed by atoms with Crippen molar-refractivity contribution in [2.45, 2.75) is 31.8 Å². The lowest BCUT2D eigenvalue weighted by molar-refractivity contribution is -0.121. The Kier molecular flexibility index (Phi) is 3.34. The number of aliphatic hydroxyl groups is 1. The van der Waals surface area contributed by atoms with Gasteiger partial charge in [-0.1, -0.05) is 0 Å². The van der Waals surface area contributed by atoms with Crippen molar-refractivity contribution in [3.8, 4) is 0 Å². The summed E-state index contributed by atoms with van der Waals surface area (Å²) in [5.74, 6) is 0.385. The molecule has 0 aromatic rings. The molecule has 1 N–H and O–H groups in total. The number of Topliss-reactive ketones (excluding diaryl/α,β-unsaturated/α-hetero) is 1. The molecule has 0 saturated heterocycles. The normalized spacial score (nSPS) is 31.8.